The van der Waals surface area contributed by atoms with Crippen molar-refractivity contribution in [2.75, 3.05) is 13.1 Å². The van der Waals surface area contributed by atoms with Crippen molar-refractivity contribution in [2.24, 2.45) is 0 Å². The second-order valence-corrected chi connectivity index (χ2v) is 4.72. The van der Waals surface area contributed by atoms with Gasteiger partial charge in [-0.2, -0.15) is 0 Å². The minimum Gasteiger partial charge on any atom is -0.364 e. The third-order valence-electron chi connectivity index (χ3n) is 2.96. The molecule has 0 amide bonds. The second kappa shape index (κ2) is 4.93. The lowest BCUT2D eigenvalue weighted by molar-refractivity contribution is -0.928. The van der Waals surface area contributed by atoms with E-state index in [-0.39, 0.29) is 5.82 Å². The van der Waals surface area contributed by atoms with Gasteiger partial charge in [0.2, 0.25) is 0 Å². The van der Waals surface area contributed by atoms with Gasteiger partial charge in [0.1, 0.15) is 37.7 Å². The fraction of sp³-hybridized carbons (Fsp3) is 0.538. The Kier molecular flexibility index (Phi) is 3.56. The van der Waals surface area contributed by atoms with Crippen LogP contribution in [-0.4, -0.2) is 25.3 Å². The standard InChI is InChI=1S/C13H18FNO/c1-10-7-15(8-11(2)16-10)9-12-4-3-5-13(14)6-12/h3-6,10-11H,7-9H2,1-2H3/p+1/t10-,11+. The number of halogens is 1. The normalized spacial score (nSPS) is 30.3. The van der Waals surface area contributed by atoms with E-state index in [1.807, 2.05) is 6.07 Å². The average Bonchev–Trinajstić information content (AvgIpc) is 2.15. The summed E-state index contributed by atoms with van der Waals surface area (Å²) in [7, 11) is 0. The minimum atomic E-state index is -0.147. The Hall–Kier alpha value is -0.930. The largest absolute Gasteiger partial charge is 0.364 e. The SMILES string of the molecule is C[C@@H]1C[NH+](Cc2cccc(F)c2)C[C@H](C)O1. The molecule has 1 fully saturated rings. The smallest absolute Gasteiger partial charge is 0.123 e. The van der Waals surface area contributed by atoms with Crippen molar-refractivity contribution in [1.82, 2.24) is 0 Å². The van der Waals surface area contributed by atoms with E-state index in [2.05, 4.69) is 13.8 Å². The van der Waals surface area contributed by atoms with Crippen LogP contribution in [0.5, 0.6) is 0 Å². The fourth-order valence-electron chi connectivity index (χ4n) is 2.47. The van der Waals surface area contributed by atoms with E-state index in [9.17, 15) is 4.39 Å². The number of nitrogens with one attached hydrogen (secondary N) is 1. The van der Waals surface area contributed by atoms with E-state index in [0.717, 1.165) is 25.2 Å². The van der Waals surface area contributed by atoms with Crippen molar-refractivity contribution in [3.63, 3.8) is 0 Å². The van der Waals surface area contributed by atoms with Gasteiger partial charge in [0.15, 0.2) is 0 Å². The molecule has 1 aliphatic heterocycles. The predicted molar refractivity (Wildman–Crippen MR) is 60.8 cm³/mol. The van der Waals surface area contributed by atoms with E-state index in [0.29, 0.717) is 12.2 Å². The highest BCUT2D eigenvalue weighted by Crippen LogP contribution is 2.03. The van der Waals surface area contributed by atoms with Crippen LogP contribution in [-0.2, 0) is 11.3 Å². The summed E-state index contributed by atoms with van der Waals surface area (Å²) in [6.45, 7) is 7.08. The molecule has 16 heavy (non-hydrogen) atoms. The van der Waals surface area contributed by atoms with Gasteiger partial charge in [-0.15, -0.1) is 0 Å². The Morgan fingerprint density at radius 3 is 2.62 bits per heavy atom. The lowest BCUT2D eigenvalue weighted by atomic mass is 10.1. The van der Waals surface area contributed by atoms with Gasteiger partial charge in [-0.05, 0) is 26.0 Å². The maximum atomic E-state index is 13.0. The molecule has 2 nitrogen and oxygen atoms in total. The number of quaternary nitrogens is 1. The predicted octanol–water partition coefficient (Wildman–Crippen LogP) is 1.02. The number of hydrogen-bond acceptors (Lipinski definition) is 1. The van der Waals surface area contributed by atoms with Crippen molar-refractivity contribution in [1.29, 1.82) is 0 Å². The molecular weight excluding hydrogens is 205 g/mol. The van der Waals surface area contributed by atoms with Gasteiger partial charge in [0.25, 0.3) is 0 Å². The van der Waals surface area contributed by atoms with Crippen LogP contribution in [0.4, 0.5) is 4.39 Å². The number of hydrogen-bond donors (Lipinski definition) is 1. The van der Waals surface area contributed by atoms with Crippen LogP contribution in [0.2, 0.25) is 0 Å². The Morgan fingerprint density at radius 1 is 1.31 bits per heavy atom. The van der Waals surface area contributed by atoms with E-state index in [4.69, 9.17) is 4.74 Å². The van der Waals surface area contributed by atoms with Crippen LogP contribution in [0.25, 0.3) is 0 Å². The van der Waals surface area contributed by atoms with Crippen molar-refractivity contribution in [2.45, 2.75) is 32.6 Å². The maximum Gasteiger partial charge on any atom is 0.123 e. The minimum absolute atomic E-state index is 0.147. The highest BCUT2D eigenvalue weighted by molar-refractivity contribution is 5.14. The zero-order valence-corrected chi connectivity index (χ0v) is 9.87. The fourth-order valence-corrected chi connectivity index (χ4v) is 2.47. The highest BCUT2D eigenvalue weighted by Gasteiger charge is 2.25. The van der Waals surface area contributed by atoms with Gasteiger partial charge in [-0.25, -0.2) is 4.39 Å². The summed E-state index contributed by atoms with van der Waals surface area (Å²) >= 11 is 0. The van der Waals surface area contributed by atoms with Gasteiger partial charge in [-0.1, -0.05) is 12.1 Å². The first-order chi connectivity index (χ1) is 7.63. The van der Waals surface area contributed by atoms with Gasteiger partial charge < -0.3 is 9.64 Å². The zero-order valence-electron chi connectivity index (χ0n) is 9.87. The van der Waals surface area contributed by atoms with Crippen LogP contribution in [0, 0.1) is 5.82 Å². The molecule has 1 unspecified atom stereocenters. The summed E-state index contributed by atoms with van der Waals surface area (Å²) < 4.78 is 18.7. The van der Waals surface area contributed by atoms with E-state index in [1.165, 1.54) is 11.0 Å². The number of rotatable bonds is 2. The molecule has 0 aliphatic carbocycles. The lowest BCUT2D eigenvalue weighted by Crippen LogP contribution is -3.14. The van der Waals surface area contributed by atoms with Gasteiger partial charge in [0, 0.05) is 5.56 Å². The van der Waals surface area contributed by atoms with E-state index >= 15 is 0 Å². The molecule has 1 aromatic rings. The molecular formula is C13H19FNO+. The van der Waals surface area contributed by atoms with Crippen molar-refractivity contribution in [3.8, 4) is 0 Å². The first-order valence-corrected chi connectivity index (χ1v) is 5.87. The number of benzene rings is 1. The second-order valence-electron chi connectivity index (χ2n) is 4.72. The Labute approximate surface area is 96.0 Å². The average molecular weight is 224 g/mol. The van der Waals surface area contributed by atoms with Crippen LogP contribution in [0.15, 0.2) is 24.3 Å². The monoisotopic (exact) mass is 224 g/mol. The molecule has 88 valence electrons. The number of ether oxygens (including phenoxy) is 1. The quantitative estimate of drug-likeness (QED) is 0.792. The molecule has 0 radical (unpaired) electrons. The van der Waals surface area contributed by atoms with Gasteiger partial charge in [-0.3, -0.25) is 0 Å². The summed E-state index contributed by atoms with van der Waals surface area (Å²) in [6, 6.07) is 6.87. The molecule has 1 saturated heterocycles. The Morgan fingerprint density at radius 2 is 2.00 bits per heavy atom. The summed E-state index contributed by atoms with van der Waals surface area (Å²) in [6.07, 6.45) is 0.597. The molecule has 1 aliphatic rings. The molecule has 0 saturated carbocycles. The molecule has 3 atom stereocenters. The summed E-state index contributed by atoms with van der Waals surface area (Å²) in [5.74, 6) is -0.147. The van der Waals surface area contributed by atoms with Crippen LogP contribution >= 0.6 is 0 Å². The van der Waals surface area contributed by atoms with Crippen LogP contribution in [0.3, 0.4) is 0 Å². The molecule has 2 rings (SSSR count). The van der Waals surface area contributed by atoms with Gasteiger partial charge >= 0.3 is 0 Å². The summed E-state index contributed by atoms with van der Waals surface area (Å²) in [4.78, 5) is 1.47. The van der Waals surface area contributed by atoms with Crippen molar-refractivity contribution in [3.05, 3.63) is 35.6 Å². The van der Waals surface area contributed by atoms with E-state index < -0.39 is 0 Å². The zero-order chi connectivity index (χ0) is 11.5. The first kappa shape index (κ1) is 11.6. The van der Waals surface area contributed by atoms with Crippen LogP contribution in [0.1, 0.15) is 19.4 Å². The first-order valence-electron chi connectivity index (χ1n) is 5.87. The molecule has 0 aromatic heterocycles. The molecule has 0 spiro atoms. The summed E-state index contributed by atoms with van der Waals surface area (Å²) in [5.41, 5.74) is 1.07. The highest BCUT2D eigenvalue weighted by atomic mass is 19.1. The molecule has 3 heteroatoms. The molecule has 1 heterocycles. The van der Waals surface area contributed by atoms with Gasteiger partial charge in [0.05, 0.1) is 0 Å². The molecule has 1 N–H and O–H groups in total. The van der Waals surface area contributed by atoms with Crippen LogP contribution < -0.4 is 4.90 Å². The van der Waals surface area contributed by atoms with Crippen molar-refractivity contribution < 1.29 is 14.0 Å². The Bertz CT molecular complexity index is 346. The molecule has 0 bridgehead atoms. The number of morpholine rings is 1. The maximum absolute atomic E-state index is 13.0. The molecule has 1 aromatic carbocycles. The topological polar surface area (TPSA) is 13.7 Å². The Balaban J connectivity index is 1.98. The van der Waals surface area contributed by atoms with E-state index in [1.54, 1.807) is 12.1 Å². The summed E-state index contributed by atoms with van der Waals surface area (Å²) in [5, 5.41) is 0. The third kappa shape index (κ3) is 3.03. The third-order valence-corrected chi connectivity index (χ3v) is 2.96. The van der Waals surface area contributed by atoms with Crippen molar-refractivity contribution >= 4 is 0 Å². The lowest BCUT2D eigenvalue weighted by Gasteiger charge is -2.32.